The Morgan fingerprint density at radius 1 is 0.704 bits per heavy atom. The lowest BCUT2D eigenvalue weighted by Crippen LogP contribution is -1.84. The van der Waals surface area contributed by atoms with Crippen molar-refractivity contribution in [3.05, 3.63) is 81.3 Å². The summed E-state index contributed by atoms with van der Waals surface area (Å²) in [5, 5.41) is 20.9. The highest BCUT2D eigenvalue weighted by Crippen LogP contribution is 2.30. The van der Waals surface area contributed by atoms with Crippen molar-refractivity contribution in [2.45, 2.75) is 6.92 Å². The summed E-state index contributed by atoms with van der Waals surface area (Å²) in [5.74, 6) is 0.175. The highest BCUT2D eigenvalue weighted by Gasteiger charge is 2.04. The van der Waals surface area contributed by atoms with Gasteiger partial charge in [0.2, 0.25) is 0 Å². The Morgan fingerprint density at radius 2 is 1.22 bits per heavy atom. The van der Waals surface area contributed by atoms with Gasteiger partial charge in [-0.1, -0.05) is 29.3 Å². The smallest absolute Gasteiger partial charge is 0.124 e. The Morgan fingerprint density at radius 3 is 1.78 bits per heavy atom. The zero-order chi connectivity index (χ0) is 19.4. The summed E-state index contributed by atoms with van der Waals surface area (Å²) < 4.78 is 0. The average molecular weight is 399 g/mol. The maximum Gasteiger partial charge on any atom is 0.124 e. The number of phenols is 2. The molecule has 0 saturated carbocycles. The molecule has 0 aliphatic heterocycles. The molecule has 27 heavy (non-hydrogen) atoms. The van der Waals surface area contributed by atoms with Crippen molar-refractivity contribution in [1.29, 1.82) is 0 Å². The number of hydrogen-bond acceptors (Lipinski definition) is 4. The third-order valence-electron chi connectivity index (χ3n) is 3.80. The lowest BCUT2D eigenvalue weighted by Gasteiger charge is -2.04. The molecule has 0 atom stereocenters. The van der Waals surface area contributed by atoms with Crippen LogP contribution in [0.25, 0.3) is 0 Å². The maximum atomic E-state index is 9.93. The van der Waals surface area contributed by atoms with Gasteiger partial charge in [0.1, 0.15) is 11.5 Å². The fourth-order valence-electron chi connectivity index (χ4n) is 2.38. The van der Waals surface area contributed by atoms with Gasteiger partial charge in [-0.05, 0) is 61.0 Å². The molecule has 6 heteroatoms. The first-order valence-corrected chi connectivity index (χ1v) is 8.84. The highest BCUT2D eigenvalue weighted by molar-refractivity contribution is 6.31. The van der Waals surface area contributed by atoms with Gasteiger partial charge in [0, 0.05) is 33.6 Å². The molecule has 0 aromatic heterocycles. The molecule has 0 radical (unpaired) electrons. The summed E-state index contributed by atoms with van der Waals surface area (Å²) in [6.45, 7) is 1.95. The Balaban J connectivity index is 1.96. The molecule has 3 aromatic carbocycles. The number of hydrogen-bond donors (Lipinski definition) is 2. The molecular weight excluding hydrogens is 383 g/mol. The van der Waals surface area contributed by atoms with E-state index in [1.165, 1.54) is 24.6 Å². The van der Waals surface area contributed by atoms with Crippen molar-refractivity contribution in [2.75, 3.05) is 0 Å². The fraction of sp³-hybridized carbons (Fsp3) is 0.0476. The predicted molar refractivity (Wildman–Crippen MR) is 112 cm³/mol. The summed E-state index contributed by atoms with van der Waals surface area (Å²) in [6.07, 6.45) is 3.06. The van der Waals surface area contributed by atoms with E-state index >= 15 is 0 Å². The molecule has 0 bridgehead atoms. The number of rotatable bonds is 4. The number of halogens is 2. The van der Waals surface area contributed by atoms with Gasteiger partial charge in [-0.25, -0.2) is 0 Å². The maximum absolute atomic E-state index is 9.93. The normalized spacial score (nSPS) is 11.5. The van der Waals surface area contributed by atoms with Crippen molar-refractivity contribution >= 4 is 47.0 Å². The molecule has 0 saturated heterocycles. The molecule has 3 aromatic rings. The highest BCUT2D eigenvalue weighted by atomic mass is 35.5. The van der Waals surface area contributed by atoms with E-state index in [1.54, 1.807) is 24.3 Å². The lowest BCUT2D eigenvalue weighted by atomic mass is 10.2. The van der Waals surface area contributed by atoms with Gasteiger partial charge in [-0.15, -0.1) is 0 Å². The zero-order valence-corrected chi connectivity index (χ0v) is 15.9. The molecule has 0 heterocycles. The number of aryl methyl sites for hydroxylation is 1. The van der Waals surface area contributed by atoms with Crippen molar-refractivity contribution in [1.82, 2.24) is 0 Å². The molecule has 0 amide bonds. The van der Waals surface area contributed by atoms with Crippen LogP contribution in [0.4, 0.5) is 11.4 Å². The molecular formula is C21H16Cl2N2O2. The third-order valence-corrected chi connectivity index (χ3v) is 4.27. The van der Waals surface area contributed by atoms with E-state index < -0.39 is 0 Å². The second-order valence-electron chi connectivity index (χ2n) is 5.91. The van der Waals surface area contributed by atoms with Crippen LogP contribution in [0.2, 0.25) is 10.0 Å². The minimum absolute atomic E-state index is 0.0872. The van der Waals surface area contributed by atoms with Crippen molar-refractivity contribution < 1.29 is 10.2 Å². The third kappa shape index (κ3) is 4.88. The zero-order valence-electron chi connectivity index (χ0n) is 14.4. The molecule has 0 unspecified atom stereocenters. The second kappa shape index (κ2) is 8.25. The Hall–Kier alpha value is -2.82. The predicted octanol–water partition coefficient (Wildman–Crippen LogP) is 6.21. The van der Waals surface area contributed by atoms with Gasteiger partial charge in [0.05, 0.1) is 11.4 Å². The van der Waals surface area contributed by atoms with Crippen LogP contribution in [-0.2, 0) is 0 Å². The number of aromatic hydroxyl groups is 2. The van der Waals surface area contributed by atoms with Gasteiger partial charge in [0.25, 0.3) is 0 Å². The Bertz CT molecular complexity index is 1050. The van der Waals surface area contributed by atoms with E-state index in [1.807, 2.05) is 25.1 Å². The largest absolute Gasteiger partial charge is 0.507 e. The van der Waals surface area contributed by atoms with Gasteiger partial charge in [-0.3, -0.25) is 9.98 Å². The number of benzene rings is 3. The van der Waals surface area contributed by atoms with Gasteiger partial charge >= 0.3 is 0 Å². The molecule has 0 fully saturated rings. The lowest BCUT2D eigenvalue weighted by molar-refractivity contribution is 0.474. The van der Waals surface area contributed by atoms with E-state index in [2.05, 4.69) is 9.98 Å². The number of aliphatic imine (C=N–C) groups is 2. The van der Waals surface area contributed by atoms with Crippen LogP contribution in [0.3, 0.4) is 0 Å². The summed E-state index contributed by atoms with van der Waals surface area (Å²) in [4.78, 5) is 8.87. The standard InChI is InChI=1S/C21H16Cl2N2O2/c1-13-2-5-18(24-11-14-9-16(22)3-6-20(14)26)19(8-13)25-12-15-10-17(23)4-7-21(15)27/h2-12,26-27H,1H3. The van der Waals surface area contributed by atoms with E-state index in [0.717, 1.165) is 5.56 Å². The van der Waals surface area contributed by atoms with E-state index in [-0.39, 0.29) is 11.5 Å². The first-order valence-electron chi connectivity index (χ1n) is 8.08. The molecule has 2 N–H and O–H groups in total. The van der Waals surface area contributed by atoms with Crippen LogP contribution in [0.5, 0.6) is 11.5 Å². The van der Waals surface area contributed by atoms with E-state index in [4.69, 9.17) is 23.2 Å². The van der Waals surface area contributed by atoms with Crippen LogP contribution in [0, 0.1) is 6.92 Å². The van der Waals surface area contributed by atoms with Gasteiger partial charge in [-0.2, -0.15) is 0 Å². The SMILES string of the molecule is Cc1ccc(N=Cc2cc(Cl)ccc2O)c(N=Cc2cc(Cl)ccc2O)c1. The molecule has 0 spiro atoms. The summed E-state index contributed by atoms with van der Waals surface area (Å²) in [7, 11) is 0. The van der Waals surface area contributed by atoms with Crippen molar-refractivity contribution in [3.8, 4) is 11.5 Å². The number of nitrogens with zero attached hydrogens (tertiary/aromatic N) is 2. The topological polar surface area (TPSA) is 65.2 Å². The van der Waals surface area contributed by atoms with Gasteiger partial charge in [0.15, 0.2) is 0 Å². The first-order chi connectivity index (χ1) is 12.9. The van der Waals surface area contributed by atoms with Crippen LogP contribution in [0.15, 0.2) is 64.6 Å². The first kappa shape index (κ1) is 19.0. The summed E-state index contributed by atoms with van der Waals surface area (Å²) in [5.41, 5.74) is 3.25. The quantitative estimate of drug-likeness (QED) is 0.512. The van der Waals surface area contributed by atoms with Crippen LogP contribution in [0.1, 0.15) is 16.7 Å². The summed E-state index contributed by atoms with van der Waals surface area (Å²) >= 11 is 11.9. The Kier molecular flexibility index (Phi) is 5.79. The van der Waals surface area contributed by atoms with E-state index in [9.17, 15) is 10.2 Å². The van der Waals surface area contributed by atoms with Crippen LogP contribution < -0.4 is 0 Å². The van der Waals surface area contributed by atoms with Crippen LogP contribution in [-0.4, -0.2) is 22.6 Å². The molecule has 3 rings (SSSR count). The van der Waals surface area contributed by atoms with Crippen LogP contribution >= 0.6 is 23.2 Å². The monoisotopic (exact) mass is 398 g/mol. The second-order valence-corrected chi connectivity index (χ2v) is 6.79. The van der Waals surface area contributed by atoms with Gasteiger partial charge < -0.3 is 10.2 Å². The molecule has 0 aliphatic carbocycles. The Labute approximate surface area is 167 Å². The van der Waals surface area contributed by atoms with Crippen molar-refractivity contribution in [3.63, 3.8) is 0 Å². The summed E-state index contributed by atoms with van der Waals surface area (Å²) in [6, 6.07) is 15.1. The molecule has 4 nitrogen and oxygen atoms in total. The minimum atomic E-state index is 0.0872. The van der Waals surface area contributed by atoms with Crippen molar-refractivity contribution in [2.24, 2.45) is 9.98 Å². The average Bonchev–Trinajstić information content (AvgIpc) is 2.64. The molecule has 0 aliphatic rings. The van der Waals surface area contributed by atoms with E-state index in [0.29, 0.717) is 32.5 Å². The molecule has 136 valence electrons. The minimum Gasteiger partial charge on any atom is -0.507 e. The fourth-order valence-corrected chi connectivity index (χ4v) is 2.74. The number of phenolic OH excluding ortho intramolecular Hbond substituents is 2.